The third-order valence-corrected chi connectivity index (χ3v) is 5.31. The number of para-hydroxylation sites is 1. The number of aryl methyl sites for hydroxylation is 1. The molecule has 0 aliphatic carbocycles. The van der Waals surface area contributed by atoms with Crippen LogP contribution in [0.4, 0.5) is 0 Å². The summed E-state index contributed by atoms with van der Waals surface area (Å²) in [5, 5.41) is 6.66. The van der Waals surface area contributed by atoms with Gasteiger partial charge in [-0.1, -0.05) is 32.0 Å². The van der Waals surface area contributed by atoms with E-state index in [0.29, 0.717) is 6.54 Å². The lowest BCUT2D eigenvalue weighted by molar-refractivity contribution is -0.117. The first-order chi connectivity index (χ1) is 15.1. The second kappa shape index (κ2) is 10.6. The van der Waals surface area contributed by atoms with E-state index < -0.39 is 5.91 Å². The van der Waals surface area contributed by atoms with E-state index >= 15 is 0 Å². The van der Waals surface area contributed by atoms with Gasteiger partial charge in [-0.05, 0) is 44.3 Å². The summed E-state index contributed by atoms with van der Waals surface area (Å²) < 4.78 is 7.29. The fraction of sp³-hybridized carbons (Fsp3) is 0.333. The van der Waals surface area contributed by atoms with Crippen LogP contribution in [-0.2, 0) is 11.3 Å². The van der Waals surface area contributed by atoms with Crippen molar-refractivity contribution in [3.8, 4) is 0 Å². The molecule has 0 aliphatic rings. The van der Waals surface area contributed by atoms with Crippen LogP contribution in [0.5, 0.6) is 0 Å². The molecular formula is C24H30N4O3. The van der Waals surface area contributed by atoms with E-state index in [1.165, 1.54) is 6.26 Å². The molecule has 0 bridgehead atoms. The fourth-order valence-corrected chi connectivity index (χ4v) is 3.52. The van der Waals surface area contributed by atoms with Crippen molar-refractivity contribution in [1.29, 1.82) is 0 Å². The van der Waals surface area contributed by atoms with Crippen LogP contribution in [0, 0.1) is 0 Å². The van der Waals surface area contributed by atoms with Gasteiger partial charge in [0.15, 0.2) is 5.76 Å². The Balaban J connectivity index is 1.88. The summed E-state index contributed by atoms with van der Waals surface area (Å²) in [6.07, 6.45) is 5.15. The summed E-state index contributed by atoms with van der Waals surface area (Å²) in [5.74, 6) is -0.646. The second-order valence-electron chi connectivity index (χ2n) is 7.16. The monoisotopic (exact) mass is 422 g/mol. The van der Waals surface area contributed by atoms with Gasteiger partial charge in [0.2, 0.25) is 0 Å². The summed E-state index contributed by atoms with van der Waals surface area (Å²) >= 11 is 0. The van der Waals surface area contributed by atoms with E-state index in [1.54, 1.807) is 18.2 Å². The standard InChI is InChI=1S/C24H30N4O3/c1-4-27(5-2)14-13-25-23(29)20(26-24(30)22-12-9-15-31-22)16-18-17-28(6-3)21-11-8-7-10-19(18)21/h7-12,15-17H,4-6,13-14H2,1-3H3,(H,25,29)(H,26,30)/b20-16-. The van der Waals surface area contributed by atoms with E-state index in [-0.39, 0.29) is 17.4 Å². The maximum atomic E-state index is 13.0. The molecule has 164 valence electrons. The highest BCUT2D eigenvalue weighted by molar-refractivity contribution is 6.05. The van der Waals surface area contributed by atoms with Crippen molar-refractivity contribution >= 4 is 28.8 Å². The summed E-state index contributed by atoms with van der Waals surface area (Å²) in [4.78, 5) is 27.8. The van der Waals surface area contributed by atoms with E-state index in [2.05, 4.69) is 40.9 Å². The smallest absolute Gasteiger partial charge is 0.291 e. The number of benzene rings is 1. The number of carbonyl (C=O) groups excluding carboxylic acids is 2. The number of hydrogen-bond donors (Lipinski definition) is 2. The average molecular weight is 423 g/mol. The van der Waals surface area contributed by atoms with Gasteiger partial charge in [-0.15, -0.1) is 0 Å². The van der Waals surface area contributed by atoms with Crippen molar-refractivity contribution < 1.29 is 14.0 Å². The van der Waals surface area contributed by atoms with Gasteiger partial charge < -0.3 is 24.5 Å². The second-order valence-corrected chi connectivity index (χ2v) is 7.16. The molecule has 0 spiro atoms. The Bertz CT molecular complexity index is 1050. The molecule has 7 heteroatoms. The molecule has 2 aromatic heterocycles. The first-order valence-electron chi connectivity index (χ1n) is 10.7. The Kier molecular flexibility index (Phi) is 7.67. The maximum absolute atomic E-state index is 13.0. The molecule has 3 aromatic rings. The van der Waals surface area contributed by atoms with Crippen molar-refractivity contribution in [2.24, 2.45) is 0 Å². The maximum Gasteiger partial charge on any atom is 0.291 e. The highest BCUT2D eigenvalue weighted by Gasteiger charge is 2.17. The summed E-state index contributed by atoms with van der Waals surface area (Å²) in [5.41, 5.74) is 2.13. The Morgan fingerprint density at radius 3 is 2.55 bits per heavy atom. The molecule has 3 rings (SSSR count). The van der Waals surface area contributed by atoms with E-state index in [1.807, 2.05) is 30.5 Å². The van der Waals surface area contributed by atoms with Crippen LogP contribution in [0.1, 0.15) is 36.9 Å². The highest BCUT2D eigenvalue weighted by atomic mass is 16.3. The molecule has 0 saturated carbocycles. The van der Waals surface area contributed by atoms with Gasteiger partial charge in [0.25, 0.3) is 11.8 Å². The van der Waals surface area contributed by atoms with Crippen molar-refractivity contribution in [1.82, 2.24) is 20.1 Å². The Morgan fingerprint density at radius 1 is 1.10 bits per heavy atom. The summed E-state index contributed by atoms with van der Waals surface area (Å²) in [6.45, 7) is 10.1. The first kappa shape index (κ1) is 22.4. The highest BCUT2D eigenvalue weighted by Crippen LogP contribution is 2.23. The molecule has 2 N–H and O–H groups in total. The minimum atomic E-state index is -0.464. The number of furan rings is 1. The Hall–Kier alpha value is -3.32. The van der Waals surface area contributed by atoms with Gasteiger partial charge in [-0.3, -0.25) is 9.59 Å². The van der Waals surface area contributed by atoms with E-state index in [0.717, 1.165) is 42.6 Å². The number of carbonyl (C=O) groups is 2. The number of hydrogen-bond acceptors (Lipinski definition) is 4. The van der Waals surface area contributed by atoms with Gasteiger partial charge >= 0.3 is 0 Å². The minimum Gasteiger partial charge on any atom is -0.459 e. The van der Waals surface area contributed by atoms with Crippen molar-refractivity contribution in [3.05, 3.63) is 65.9 Å². The van der Waals surface area contributed by atoms with Gasteiger partial charge in [-0.25, -0.2) is 0 Å². The number of aromatic nitrogens is 1. The third-order valence-electron chi connectivity index (χ3n) is 5.31. The zero-order valence-corrected chi connectivity index (χ0v) is 18.4. The summed E-state index contributed by atoms with van der Waals surface area (Å²) in [6, 6.07) is 11.2. The number of amides is 2. The zero-order chi connectivity index (χ0) is 22.2. The zero-order valence-electron chi connectivity index (χ0n) is 18.4. The predicted octanol–water partition coefficient (Wildman–Crippen LogP) is 3.48. The molecule has 2 heterocycles. The Morgan fingerprint density at radius 2 is 1.87 bits per heavy atom. The fourth-order valence-electron chi connectivity index (χ4n) is 3.52. The molecule has 0 fully saturated rings. The molecular weight excluding hydrogens is 392 g/mol. The molecule has 1 aromatic carbocycles. The van der Waals surface area contributed by atoms with Crippen LogP contribution in [-0.4, -0.2) is 47.5 Å². The topological polar surface area (TPSA) is 79.5 Å². The van der Waals surface area contributed by atoms with Gasteiger partial charge in [-0.2, -0.15) is 0 Å². The van der Waals surface area contributed by atoms with Crippen molar-refractivity contribution in [3.63, 3.8) is 0 Å². The number of rotatable bonds is 10. The molecule has 0 atom stereocenters. The van der Waals surface area contributed by atoms with Crippen molar-refractivity contribution in [2.75, 3.05) is 26.2 Å². The molecule has 31 heavy (non-hydrogen) atoms. The predicted molar refractivity (Wildman–Crippen MR) is 123 cm³/mol. The lowest BCUT2D eigenvalue weighted by atomic mass is 10.1. The van der Waals surface area contributed by atoms with Gasteiger partial charge in [0, 0.05) is 42.3 Å². The third kappa shape index (κ3) is 5.44. The van der Waals surface area contributed by atoms with Gasteiger partial charge in [0.1, 0.15) is 5.70 Å². The van der Waals surface area contributed by atoms with E-state index in [4.69, 9.17) is 4.42 Å². The van der Waals surface area contributed by atoms with Crippen LogP contribution in [0.3, 0.4) is 0 Å². The lowest BCUT2D eigenvalue weighted by Gasteiger charge is -2.18. The number of fused-ring (bicyclic) bond motifs is 1. The average Bonchev–Trinajstić information content (AvgIpc) is 3.45. The van der Waals surface area contributed by atoms with Crippen LogP contribution in [0.25, 0.3) is 17.0 Å². The largest absolute Gasteiger partial charge is 0.459 e. The SMILES string of the molecule is CCN(CC)CCNC(=O)/C(=C/c1cn(CC)c2ccccc12)NC(=O)c1ccco1. The molecule has 7 nitrogen and oxygen atoms in total. The van der Waals surface area contributed by atoms with Gasteiger partial charge in [0.05, 0.1) is 6.26 Å². The van der Waals surface area contributed by atoms with Crippen molar-refractivity contribution in [2.45, 2.75) is 27.3 Å². The normalized spacial score (nSPS) is 11.8. The molecule has 2 amide bonds. The summed E-state index contributed by atoms with van der Waals surface area (Å²) in [7, 11) is 0. The minimum absolute atomic E-state index is 0.151. The first-order valence-corrected chi connectivity index (χ1v) is 10.7. The number of nitrogens with one attached hydrogen (secondary N) is 2. The molecule has 0 unspecified atom stereocenters. The molecule has 0 saturated heterocycles. The van der Waals surface area contributed by atoms with Crippen LogP contribution in [0.2, 0.25) is 0 Å². The lowest BCUT2D eigenvalue weighted by Crippen LogP contribution is -2.39. The quantitative estimate of drug-likeness (QED) is 0.490. The number of nitrogens with zero attached hydrogens (tertiary/aromatic N) is 2. The Labute approximate surface area is 182 Å². The number of likely N-dealkylation sites (N-methyl/N-ethyl adjacent to an activating group) is 1. The van der Waals surface area contributed by atoms with Crippen LogP contribution < -0.4 is 10.6 Å². The molecule has 0 radical (unpaired) electrons. The van der Waals surface area contributed by atoms with E-state index in [9.17, 15) is 9.59 Å². The van der Waals surface area contributed by atoms with Crippen LogP contribution in [0.15, 0.2) is 59.0 Å². The molecule has 0 aliphatic heterocycles. The van der Waals surface area contributed by atoms with Crippen LogP contribution >= 0.6 is 0 Å².